The van der Waals surface area contributed by atoms with Crippen LogP contribution in [0.3, 0.4) is 0 Å². The highest BCUT2D eigenvalue weighted by Crippen LogP contribution is 2.16. The second-order valence-electron chi connectivity index (χ2n) is 6.13. The summed E-state index contributed by atoms with van der Waals surface area (Å²) in [6.07, 6.45) is 5.57. The van der Waals surface area contributed by atoms with Crippen LogP contribution in [0.5, 0.6) is 0 Å². The van der Waals surface area contributed by atoms with Crippen LogP contribution in [0.25, 0.3) is 5.69 Å². The van der Waals surface area contributed by atoms with Crippen molar-refractivity contribution in [1.29, 1.82) is 0 Å². The molecule has 3 heterocycles. The normalized spacial score (nSPS) is 14.4. The van der Waals surface area contributed by atoms with Gasteiger partial charge in [0.25, 0.3) is 0 Å². The molecule has 1 fully saturated rings. The van der Waals surface area contributed by atoms with Crippen LogP contribution >= 0.6 is 0 Å². The fourth-order valence-corrected chi connectivity index (χ4v) is 2.86. The van der Waals surface area contributed by atoms with Crippen molar-refractivity contribution >= 4 is 11.5 Å². The van der Waals surface area contributed by atoms with Crippen molar-refractivity contribution in [3.63, 3.8) is 0 Å². The molecule has 4 rings (SSSR count). The van der Waals surface area contributed by atoms with E-state index in [0.717, 1.165) is 49.1 Å². The van der Waals surface area contributed by atoms with Crippen molar-refractivity contribution < 1.29 is 9.13 Å². The first-order valence-corrected chi connectivity index (χ1v) is 8.60. The van der Waals surface area contributed by atoms with Gasteiger partial charge >= 0.3 is 0 Å². The fourth-order valence-electron chi connectivity index (χ4n) is 2.86. The van der Waals surface area contributed by atoms with Crippen molar-refractivity contribution in [1.82, 2.24) is 14.8 Å². The lowest BCUT2D eigenvalue weighted by atomic mass is 10.3. The topological polar surface area (TPSA) is 55.2 Å². The SMILES string of the molecule is Fc1ccc(-n2cc(CNc3ccc(N4CCOCC4)nc3)cn2)cc1. The Bertz CT molecular complexity index is 841. The Kier molecular flexibility index (Phi) is 4.79. The summed E-state index contributed by atoms with van der Waals surface area (Å²) in [6, 6.07) is 10.3. The van der Waals surface area contributed by atoms with Gasteiger partial charge in [-0.3, -0.25) is 0 Å². The average molecular weight is 353 g/mol. The lowest BCUT2D eigenvalue weighted by Gasteiger charge is -2.27. The molecule has 1 aromatic carbocycles. The molecule has 134 valence electrons. The molecule has 3 aromatic rings. The van der Waals surface area contributed by atoms with Crippen LogP contribution in [0.2, 0.25) is 0 Å². The van der Waals surface area contributed by atoms with Gasteiger partial charge in [-0.25, -0.2) is 14.1 Å². The van der Waals surface area contributed by atoms with Crippen LogP contribution in [0.4, 0.5) is 15.9 Å². The van der Waals surface area contributed by atoms with E-state index in [2.05, 4.69) is 20.3 Å². The summed E-state index contributed by atoms with van der Waals surface area (Å²) >= 11 is 0. The molecule has 1 saturated heterocycles. The smallest absolute Gasteiger partial charge is 0.128 e. The third kappa shape index (κ3) is 3.83. The number of benzene rings is 1. The average Bonchev–Trinajstić information content (AvgIpc) is 3.17. The summed E-state index contributed by atoms with van der Waals surface area (Å²) in [5.74, 6) is 0.721. The number of aromatic nitrogens is 3. The van der Waals surface area contributed by atoms with Gasteiger partial charge in [-0.15, -0.1) is 0 Å². The van der Waals surface area contributed by atoms with Crippen molar-refractivity contribution in [2.45, 2.75) is 6.54 Å². The van der Waals surface area contributed by atoms with Gasteiger partial charge in [-0.1, -0.05) is 0 Å². The van der Waals surface area contributed by atoms with Crippen LogP contribution in [-0.2, 0) is 11.3 Å². The Hall–Kier alpha value is -2.93. The quantitative estimate of drug-likeness (QED) is 0.764. The van der Waals surface area contributed by atoms with Crippen LogP contribution in [0, 0.1) is 5.82 Å². The molecule has 0 bridgehead atoms. The Labute approximate surface area is 151 Å². The summed E-state index contributed by atoms with van der Waals surface area (Å²) in [5.41, 5.74) is 2.82. The minimum Gasteiger partial charge on any atom is -0.380 e. The van der Waals surface area contributed by atoms with E-state index in [1.807, 2.05) is 24.5 Å². The highest BCUT2D eigenvalue weighted by Gasteiger charge is 2.11. The molecule has 1 N–H and O–H groups in total. The first-order valence-electron chi connectivity index (χ1n) is 8.60. The van der Waals surface area contributed by atoms with E-state index in [9.17, 15) is 4.39 Å². The first-order chi connectivity index (χ1) is 12.8. The van der Waals surface area contributed by atoms with E-state index < -0.39 is 0 Å². The van der Waals surface area contributed by atoms with E-state index >= 15 is 0 Å². The maximum Gasteiger partial charge on any atom is 0.128 e. The van der Waals surface area contributed by atoms with E-state index in [-0.39, 0.29) is 5.82 Å². The van der Waals surface area contributed by atoms with E-state index in [1.165, 1.54) is 12.1 Å². The van der Waals surface area contributed by atoms with Gasteiger partial charge in [0.2, 0.25) is 0 Å². The van der Waals surface area contributed by atoms with Crippen molar-refractivity contribution in [3.05, 3.63) is 66.4 Å². The molecule has 1 aliphatic heterocycles. The molecule has 0 saturated carbocycles. The van der Waals surface area contributed by atoms with Crippen LogP contribution in [0.1, 0.15) is 5.56 Å². The standard InChI is InChI=1S/C19H20FN5O/c20-16-1-4-18(5-2-16)25-14-15(12-23-25)11-21-17-3-6-19(22-13-17)24-7-9-26-10-8-24/h1-6,12-14,21H,7-11H2. The van der Waals surface area contributed by atoms with Crippen molar-refractivity contribution in [2.75, 3.05) is 36.5 Å². The van der Waals surface area contributed by atoms with Crippen LogP contribution in [0.15, 0.2) is 55.0 Å². The molecule has 1 aliphatic rings. The number of pyridine rings is 1. The fraction of sp³-hybridized carbons (Fsp3) is 0.263. The third-order valence-electron chi connectivity index (χ3n) is 4.31. The van der Waals surface area contributed by atoms with Gasteiger partial charge in [0.15, 0.2) is 0 Å². The van der Waals surface area contributed by atoms with Crippen LogP contribution in [-0.4, -0.2) is 41.1 Å². The van der Waals surface area contributed by atoms with E-state index in [1.54, 1.807) is 23.0 Å². The lowest BCUT2D eigenvalue weighted by Crippen LogP contribution is -2.36. The maximum atomic E-state index is 13.0. The van der Waals surface area contributed by atoms with Gasteiger partial charge in [0, 0.05) is 31.4 Å². The molecular weight excluding hydrogens is 333 g/mol. The molecular formula is C19H20FN5O. The predicted molar refractivity (Wildman–Crippen MR) is 98.1 cm³/mol. The largest absolute Gasteiger partial charge is 0.380 e. The zero-order chi connectivity index (χ0) is 17.8. The zero-order valence-electron chi connectivity index (χ0n) is 14.3. The molecule has 26 heavy (non-hydrogen) atoms. The summed E-state index contributed by atoms with van der Waals surface area (Å²) in [7, 11) is 0. The van der Waals surface area contributed by atoms with Crippen molar-refractivity contribution in [2.24, 2.45) is 0 Å². The monoisotopic (exact) mass is 353 g/mol. The summed E-state index contributed by atoms with van der Waals surface area (Å²) in [6.45, 7) is 3.89. The lowest BCUT2D eigenvalue weighted by molar-refractivity contribution is 0.122. The number of hydrogen-bond donors (Lipinski definition) is 1. The molecule has 0 atom stereocenters. The second-order valence-corrected chi connectivity index (χ2v) is 6.13. The van der Waals surface area contributed by atoms with Gasteiger partial charge in [0.05, 0.1) is 37.0 Å². The molecule has 7 heteroatoms. The molecule has 2 aromatic heterocycles. The molecule has 0 spiro atoms. The third-order valence-corrected chi connectivity index (χ3v) is 4.31. The summed E-state index contributed by atoms with van der Waals surface area (Å²) in [4.78, 5) is 6.75. The van der Waals surface area contributed by atoms with E-state index in [4.69, 9.17) is 4.74 Å². The number of ether oxygens (including phenoxy) is 1. The van der Waals surface area contributed by atoms with E-state index in [0.29, 0.717) is 6.54 Å². The molecule has 0 radical (unpaired) electrons. The number of hydrogen-bond acceptors (Lipinski definition) is 5. The number of halogens is 1. The zero-order valence-corrected chi connectivity index (χ0v) is 14.3. The molecule has 0 aliphatic carbocycles. The Morgan fingerprint density at radius 3 is 2.58 bits per heavy atom. The Morgan fingerprint density at radius 1 is 1.04 bits per heavy atom. The minimum atomic E-state index is -0.254. The molecule has 0 amide bonds. The first kappa shape index (κ1) is 16.5. The number of anilines is 2. The summed E-state index contributed by atoms with van der Waals surface area (Å²) in [5, 5.41) is 7.67. The molecule has 0 unspecified atom stereocenters. The van der Waals surface area contributed by atoms with Gasteiger partial charge in [-0.05, 0) is 36.4 Å². The Morgan fingerprint density at radius 2 is 1.85 bits per heavy atom. The number of nitrogens with zero attached hydrogens (tertiary/aromatic N) is 4. The highest BCUT2D eigenvalue weighted by molar-refractivity contribution is 5.49. The van der Waals surface area contributed by atoms with Gasteiger partial charge in [-0.2, -0.15) is 5.10 Å². The number of rotatable bonds is 5. The number of nitrogens with one attached hydrogen (secondary N) is 1. The maximum absolute atomic E-state index is 13.0. The predicted octanol–water partition coefficient (Wildman–Crippen LogP) is 2.86. The second kappa shape index (κ2) is 7.53. The molecule has 6 nitrogen and oxygen atoms in total. The minimum absolute atomic E-state index is 0.254. The number of morpholine rings is 1. The Balaban J connectivity index is 1.36. The van der Waals surface area contributed by atoms with Gasteiger partial charge < -0.3 is 15.0 Å². The highest BCUT2D eigenvalue weighted by atomic mass is 19.1. The summed E-state index contributed by atoms with van der Waals surface area (Å²) < 4.78 is 20.1. The van der Waals surface area contributed by atoms with Gasteiger partial charge in [0.1, 0.15) is 11.6 Å². The van der Waals surface area contributed by atoms with Crippen molar-refractivity contribution in [3.8, 4) is 5.69 Å². The van der Waals surface area contributed by atoms with Crippen LogP contribution < -0.4 is 10.2 Å².